The van der Waals surface area contributed by atoms with Crippen LogP contribution in [0.2, 0.25) is 0 Å². The summed E-state index contributed by atoms with van der Waals surface area (Å²) in [5.41, 5.74) is 1.94. The molecule has 6 heteroatoms. The molecular weight excluding hydrogens is 256 g/mol. The molecule has 1 aromatic carbocycles. The predicted octanol–water partition coefficient (Wildman–Crippen LogP) is 1.97. The van der Waals surface area contributed by atoms with Crippen LogP contribution in [0.5, 0.6) is 0 Å². The van der Waals surface area contributed by atoms with E-state index in [1.165, 1.54) is 0 Å². The predicted molar refractivity (Wildman–Crippen MR) is 72.7 cm³/mol. The fourth-order valence-corrected chi connectivity index (χ4v) is 2.04. The second kappa shape index (κ2) is 4.65. The Hall–Kier alpha value is -2.89. The lowest BCUT2D eigenvalue weighted by Crippen LogP contribution is -2.01. The Morgan fingerprint density at radius 1 is 1.25 bits per heavy atom. The number of carboxylic acids is 1. The lowest BCUT2D eigenvalue weighted by Gasteiger charge is -2.08. The molecule has 1 N–H and O–H groups in total. The highest BCUT2D eigenvalue weighted by Gasteiger charge is 2.11. The van der Waals surface area contributed by atoms with E-state index < -0.39 is 5.97 Å². The molecule has 0 atom stereocenters. The summed E-state index contributed by atoms with van der Waals surface area (Å²) in [6.45, 7) is 0. The van der Waals surface area contributed by atoms with Gasteiger partial charge in [-0.25, -0.2) is 14.8 Å². The van der Waals surface area contributed by atoms with Crippen molar-refractivity contribution in [1.29, 1.82) is 0 Å². The van der Waals surface area contributed by atoms with E-state index in [9.17, 15) is 4.79 Å². The quantitative estimate of drug-likeness (QED) is 0.788. The van der Waals surface area contributed by atoms with Crippen LogP contribution >= 0.6 is 0 Å². The number of carboxylic acid groups (broad SMARTS) is 1. The molecule has 3 aromatic rings. The van der Waals surface area contributed by atoms with Gasteiger partial charge in [0, 0.05) is 25.1 Å². The summed E-state index contributed by atoms with van der Waals surface area (Å²) in [6, 6.07) is 6.63. The molecule has 0 aliphatic heterocycles. The van der Waals surface area contributed by atoms with Crippen LogP contribution in [0.3, 0.4) is 0 Å². The molecule has 0 unspecified atom stereocenters. The Bertz CT molecular complexity index is 756. The molecule has 0 spiro atoms. The topological polar surface area (TPSA) is 72.9 Å². The minimum Gasteiger partial charge on any atom is -0.478 e. The van der Waals surface area contributed by atoms with Gasteiger partial charge in [-0.2, -0.15) is 0 Å². The van der Waals surface area contributed by atoms with E-state index in [1.54, 1.807) is 43.0 Å². The number of hydrogen-bond donors (Lipinski definition) is 1. The normalized spacial score (nSPS) is 10.7. The molecule has 3 rings (SSSR count). The zero-order chi connectivity index (χ0) is 14.1. The number of benzene rings is 1. The van der Waals surface area contributed by atoms with Crippen LogP contribution in [0, 0.1) is 0 Å². The van der Waals surface area contributed by atoms with Crippen molar-refractivity contribution in [2.75, 3.05) is 0 Å². The van der Waals surface area contributed by atoms with E-state index in [-0.39, 0.29) is 5.56 Å². The second-order valence-corrected chi connectivity index (χ2v) is 4.36. The van der Waals surface area contributed by atoms with Gasteiger partial charge in [-0.15, -0.1) is 0 Å². The molecule has 0 amide bonds. The molecule has 0 radical (unpaired) electrons. The van der Waals surface area contributed by atoms with Crippen LogP contribution in [0.4, 0.5) is 0 Å². The summed E-state index contributed by atoms with van der Waals surface area (Å²) in [6.07, 6.45) is 6.99. The van der Waals surface area contributed by atoms with Gasteiger partial charge in [-0.3, -0.25) is 4.57 Å². The fraction of sp³-hybridized carbons (Fsp3) is 0.0714. The summed E-state index contributed by atoms with van der Waals surface area (Å²) in [5, 5.41) is 8.92. The zero-order valence-corrected chi connectivity index (χ0v) is 10.8. The maximum Gasteiger partial charge on any atom is 0.335 e. The molecule has 0 aliphatic carbocycles. The van der Waals surface area contributed by atoms with Gasteiger partial charge in [0.2, 0.25) is 0 Å². The van der Waals surface area contributed by atoms with Crippen LogP contribution in [-0.4, -0.2) is 30.2 Å². The van der Waals surface area contributed by atoms with Crippen molar-refractivity contribution < 1.29 is 9.90 Å². The van der Waals surface area contributed by atoms with Crippen molar-refractivity contribution in [3.05, 3.63) is 54.7 Å². The molecular formula is C14H12N4O2. The van der Waals surface area contributed by atoms with E-state index >= 15 is 0 Å². The monoisotopic (exact) mass is 268 g/mol. The van der Waals surface area contributed by atoms with E-state index in [1.807, 2.05) is 22.4 Å². The first kappa shape index (κ1) is 12.2. The Kier molecular flexibility index (Phi) is 2.83. The second-order valence-electron chi connectivity index (χ2n) is 4.36. The van der Waals surface area contributed by atoms with Crippen molar-refractivity contribution in [1.82, 2.24) is 19.1 Å². The maximum atomic E-state index is 10.9. The van der Waals surface area contributed by atoms with Gasteiger partial charge < -0.3 is 9.67 Å². The summed E-state index contributed by atoms with van der Waals surface area (Å²) in [5.74, 6) is -0.142. The van der Waals surface area contributed by atoms with Gasteiger partial charge in [-0.05, 0) is 24.3 Å². The Morgan fingerprint density at radius 2 is 2.00 bits per heavy atom. The lowest BCUT2D eigenvalue weighted by atomic mass is 10.2. The van der Waals surface area contributed by atoms with Crippen molar-refractivity contribution in [2.24, 2.45) is 7.05 Å². The zero-order valence-electron chi connectivity index (χ0n) is 10.8. The maximum absolute atomic E-state index is 10.9. The minimum absolute atomic E-state index is 0.257. The highest BCUT2D eigenvalue weighted by Crippen LogP contribution is 2.21. The smallest absolute Gasteiger partial charge is 0.335 e. The molecule has 0 fully saturated rings. The SMILES string of the molecule is Cn1ccnc1-c1cncn1-c1ccc(C(=O)O)cc1. The average Bonchev–Trinajstić information content (AvgIpc) is 3.07. The number of aromatic nitrogens is 4. The van der Waals surface area contributed by atoms with E-state index in [0.717, 1.165) is 17.2 Å². The average molecular weight is 268 g/mol. The summed E-state index contributed by atoms with van der Waals surface area (Å²) < 4.78 is 3.77. The first-order valence-electron chi connectivity index (χ1n) is 6.00. The summed E-state index contributed by atoms with van der Waals surface area (Å²) in [7, 11) is 1.91. The van der Waals surface area contributed by atoms with Gasteiger partial charge in [0.1, 0.15) is 5.69 Å². The number of hydrogen-bond acceptors (Lipinski definition) is 3. The molecule has 100 valence electrons. The highest BCUT2D eigenvalue weighted by molar-refractivity contribution is 5.87. The lowest BCUT2D eigenvalue weighted by molar-refractivity contribution is 0.0697. The van der Waals surface area contributed by atoms with Crippen LogP contribution in [0.1, 0.15) is 10.4 Å². The van der Waals surface area contributed by atoms with Crippen molar-refractivity contribution in [3.63, 3.8) is 0 Å². The molecule has 0 aliphatic rings. The third-order valence-corrected chi connectivity index (χ3v) is 3.08. The molecule has 0 saturated carbocycles. The number of rotatable bonds is 3. The van der Waals surface area contributed by atoms with Crippen molar-refractivity contribution in [3.8, 4) is 17.2 Å². The Morgan fingerprint density at radius 3 is 2.60 bits per heavy atom. The van der Waals surface area contributed by atoms with Crippen molar-refractivity contribution in [2.45, 2.75) is 0 Å². The largest absolute Gasteiger partial charge is 0.478 e. The third-order valence-electron chi connectivity index (χ3n) is 3.08. The van der Waals surface area contributed by atoms with Crippen LogP contribution in [-0.2, 0) is 7.05 Å². The van der Waals surface area contributed by atoms with Gasteiger partial charge >= 0.3 is 5.97 Å². The highest BCUT2D eigenvalue weighted by atomic mass is 16.4. The first-order chi connectivity index (χ1) is 9.66. The van der Waals surface area contributed by atoms with Crippen LogP contribution in [0.15, 0.2) is 49.2 Å². The molecule has 2 aromatic heterocycles. The number of carbonyl (C=O) groups is 1. The van der Waals surface area contributed by atoms with E-state index in [0.29, 0.717) is 0 Å². The molecule has 0 saturated heterocycles. The first-order valence-corrected chi connectivity index (χ1v) is 6.00. The van der Waals surface area contributed by atoms with Crippen molar-refractivity contribution >= 4 is 5.97 Å². The van der Waals surface area contributed by atoms with Crippen LogP contribution in [0.25, 0.3) is 17.2 Å². The van der Waals surface area contributed by atoms with E-state index in [4.69, 9.17) is 5.11 Å². The fourth-order valence-electron chi connectivity index (χ4n) is 2.04. The molecule has 2 heterocycles. The molecule has 6 nitrogen and oxygen atoms in total. The Balaban J connectivity index is 2.06. The summed E-state index contributed by atoms with van der Waals surface area (Å²) >= 11 is 0. The molecule has 0 bridgehead atoms. The Labute approximate surface area is 115 Å². The summed E-state index contributed by atoms with van der Waals surface area (Å²) in [4.78, 5) is 19.3. The van der Waals surface area contributed by atoms with Crippen LogP contribution < -0.4 is 0 Å². The number of aryl methyl sites for hydroxylation is 1. The number of nitrogens with zero attached hydrogens (tertiary/aromatic N) is 4. The molecule has 20 heavy (non-hydrogen) atoms. The number of aromatic carboxylic acids is 1. The number of imidazole rings is 2. The van der Waals surface area contributed by atoms with Gasteiger partial charge in [-0.1, -0.05) is 0 Å². The third kappa shape index (κ3) is 1.97. The van der Waals surface area contributed by atoms with E-state index in [2.05, 4.69) is 9.97 Å². The van der Waals surface area contributed by atoms with Gasteiger partial charge in [0.25, 0.3) is 0 Å². The minimum atomic E-state index is -0.938. The standard InChI is InChI=1S/C14H12N4O2/c1-17-7-6-16-13(17)12-8-15-9-18(12)11-4-2-10(3-5-11)14(19)20/h2-9H,1H3,(H,19,20). The van der Waals surface area contributed by atoms with Gasteiger partial charge in [0.15, 0.2) is 5.82 Å². The van der Waals surface area contributed by atoms with Gasteiger partial charge in [0.05, 0.1) is 18.1 Å².